The third-order valence-electron chi connectivity index (χ3n) is 3.23. The molecule has 1 aromatic carbocycles. The lowest BCUT2D eigenvalue weighted by molar-refractivity contribution is 0.0776. The van der Waals surface area contributed by atoms with Gasteiger partial charge in [-0.15, -0.1) is 0 Å². The molecule has 0 radical (unpaired) electrons. The zero-order chi connectivity index (χ0) is 15.5. The van der Waals surface area contributed by atoms with Crippen LogP contribution in [0.25, 0.3) is 0 Å². The maximum absolute atomic E-state index is 5.52. The monoisotopic (exact) mass is 291 g/mol. The van der Waals surface area contributed by atoms with Crippen LogP contribution in [0.15, 0.2) is 29.3 Å². The van der Waals surface area contributed by atoms with E-state index >= 15 is 0 Å². The van der Waals surface area contributed by atoms with Crippen LogP contribution in [0.4, 0.5) is 0 Å². The minimum Gasteiger partial charge on any atom is -0.379 e. The first-order valence-electron chi connectivity index (χ1n) is 7.80. The lowest BCUT2D eigenvalue weighted by Crippen LogP contribution is -2.37. The van der Waals surface area contributed by atoms with Crippen LogP contribution < -0.4 is 10.6 Å². The second-order valence-corrected chi connectivity index (χ2v) is 5.25. The standard InChI is InChI=1S/C17H29N3O/c1-5-15-9-6-7-10-16(15)13-20-17(18-4)19-11-8-12-21-14(2)3/h6-7,9-10,14H,5,8,11-13H2,1-4H3,(H2,18,19,20). The topological polar surface area (TPSA) is 45.7 Å². The number of ether oxygens (including phenoxy) is 1. The van der Waals surface area contributed by atoms with E-state index in [1.165, 1.54) is 11.1 Å². The summed E-state index contributed by atoms with van der Waals surface area (Å²) >= 11 is 0. The van der Waals surface area contributed by atoms with Crippen molar-refractivity contribution in [1.82, 2.24) is 10.6 Å². The number of benzene rings is 1. The van der Waals surface area contributed by atoms with Crippen LogP contribution in [0.1, 0.15) is 38.3 Å². The minimum atomic E-state index is 0.299. The normalized spacial score (nSPS) is 11.8. The molecule has 118 valence electrons. The number of rotatable bonds is 8. The molecule has 0 aromatic heterocycles. The molecule has 0 fully saturated rings. The number of nitrogens with zero attached hydrogens (tertiary/aromatic N) is 1. The summed E-state index contributed by atoms with van der Waals surface area (Å²) in [5.41, 5.74) is 2.71. The fourth-order valence-electron chi connectivity index (χ4n) is 2.07. The van der Waals surface area contributed by atoms with Gasteiger partial charge in [-0.25, -0.2) is 0 Å². The second-order valence-electron chi connectivity index (χ2n) is 5.25. The van der Waals surface area contributed by atoms with Crippen molar-refractivity contribution in [1.29, 1.82) is 0 Å². The highest BCUT2D eigenvalue weighted by Crippen LogP contribution is 2.08. The number of aliphatic imine (C=N–C) groups is 1. The van der Waals surface area contributed by atoms with E-state index < -0.39 is 0 Å². The van der Waals surface area contributed by atoms with Gasteiger partial charge >= 0.3 is 0 Å². The van der Waals surface area contributed by atoms with Crippen molar-refractivity contribution in [3.8, 4) is 0 Å². The van der Waals surface area contributed by atoms with Gasteiger partial charge in [0.1, 0.15) is 0 Å². The quantitative estimate of drug-likeness (QED) is 0.440. The first-order chi connectivity index (χ1) is 10.2. The maximum Gasteiger partial charge on any atom is 0.191 e. The average Bonchev–Trinajstić information content (AvgIpc) is 2.50. The van der Waals surface area contributed by atoms with Gasteiger partial charge in [0, 0.05) is 26.7 Å². The van der Waals surface area contributed by atoms with Crippen LogP contribution in [0.3, 0.4) is 0 Å². The van der Waals surface area contributed by atoms with Gasteiger partial charge in [0.15, 0.2) is 5.96 Å². The summed E-state index contributed by atoms with van der Waals surface area (Å²) in [5.74, 6) is 0.838. The minimum absolute atomic E-state index is 0.299. The van der Waals surface area contributed by atoms with Crippen LogP contribution in [-0.4, -0.2) is 32.3 Å². The fourth-order valence-corrected chi connectivity index (χ4v) is 2.07. The summed E-state index contributed by atoms with van der Waals surface area (Å²) < 4.78 is 5.52. The molecular weight excluding hydrogens is 262 g/mol. The van der Waals surface area contributed by atoms with Crippen molar-refractivity contribution in [2.45, 2.75) is 46.3 Å². The van der Waals surface area contributed by atoms with Crippen LogP contribution in [-0.2, 0) is 17.7 Å². The zero-order valence-electron chi connectivity index (χ0n) is 13.8. The summed E-state index contributed by atoms with van der Waals surface area (Å²) in [4.78, 5) is 4.24. The number of hydrogen-bond acceptors (Lipinski definition) is 2. The summed E-state index contributed by atoms with van der Waals surface area (Å²) in [7, 11) is 1.80. The third-order valence-corrected chi connectivity index (χ3v) is 3.23. The van der Waals surface area contributed by atoms with Crippen molar-refractivity contribution in [2.24, 2.45) is 4.99 Å². The Hall–Kier alpha value is -1.55. The molecule has 0 aliphatic rings. The van der Waals surface area contributed by atoms with Crippen LogP contribution in [0.5, 0.6) is 0 Å². The SMILES string of the molecule is CCc1ccccc1CNC(=NC)NCCCOC(C)C. The molecule has 1 rings (SSSR count). The van der Waals surface area contributed by atoms with Crippen LogP contribution in [0.2, 0.25) is 0 Å². The molecule has 4 nitrogen and oxygen atoms in total. The molecule has 0 unspecified atom stereocenters. The van der Waals surface area contributed by atoms with Gasteiger partial charge in [-0.05, 0) is 37.8 Å². The van der Waals surface area contributed by atoms with Crippen molar-refractivity contribution in [2.75, 3.05) is 20.2 Å². The Morgan fingerprint density at radius 1 is 1.19 bits per heavy atom. The van der Waals surface area contributed by atoms with E-state index in [9.17, 15) is 0 Å². The molecule has 4 heteroatoms. The Balaban J connectivity index is 2.31. The summed E-state index contributed by atoms with van der Waals surface area (Å²) in [6, 6.07) is 8.51. The molecule has 2 N–H and O–H groups in total. The second kappa shape index (κ2) is 10.2. The molecular formula is C17H29N3O. The first kappa shape index (κ1) is 17.5. The van der Waals surface area contributed by atoms with E-state index in [2.05, 4.69) is 60.7 Å². The van der Waals surface area contributed by atoms with Crippen molar-refractivity contribution < 1.29 is 4.74 Å². The Morgan fingerprint density at radius 3 is 2.52 bits per heavy atom. The smallest absolute Gasteiger partial charge is 0.191 e. The van der Waals surface area contributed by atoms with Gasteiger partial charge in [0.25, 0.3) is 0 Å². The summed E-state index contributed by atoms with van der Waals surface area (Å²) in [6.45, 7) is 8.73. The molecule has 0 atom stereocenters. The molecule has 0 spiro atoms. The summed E-state index contributed by atoms with van der Waals surface area (Å²) in [5, 5.41) is 6.67. The molecule has 1 aromatic rings. The van der Waals surface area contributed by atoms with Crippen LogP contribution in [0, 0.1) is 0 Å². The van der Waals surface area contributed by atoms with Gasteiger partial charge < -0.3 is 15.4 Å². The molecule has 0 heterocycles. The van der Waals surface area contributed by atoms with Gasteiger partial charge in [-0.3, -0.25) is 4.99 Å². The Kier molecular flexibility index (Phi) is 8.51. The highest BCUT2D eigenvalue weighted by atomic mass is 16.5. The Morgan fingerprint density at radius 2 is 1.90 bits per heavy atom. The third kappa shape index (κ3) is 7.14. The predicted octanol–water partition coefficient (Wildman–Crippen LogP) is 2.73. The van der Waals surface area contributed by atoms with Crippen LogP contribution >= 0.6 is 0 Å². The van der Waals surface area contributed by atoms with Crippen molar-refractivity contribution in [3.05, 3.63) is 35.4 Å². The van der Waals surface area contributed by atoms with E-state index in [1.807, 2.05) is 0 Å². The average molecular weight is 291 g/mol. The van der Waals surface area contributed by atoms with E-state index in [1.54, 1.807) is 7.05 Å². The first-order valence-corrected chi connectivity index (χ1v) is 7.80. The highest BCUT2D eigenvalue weighted by Gasteiger charge is 2.02. The molecule has 0 saturated carbocycles. The molecule has 0 aliphatic heterocycles. The van der Waals surface area contributed by atoms with Gasteiger partial charge in [-0.1, -0.05) is 31.2 Å². The lowest BCUT2D eigenvalue weighted by Gasteiger charge is -2.14. The van der Waals surface area contributed by atoms with Gasteiger partial charge in [-0.2, -0.15) is 0 Å². The number of aryl methyl sites for hydroxylation is 1. The number of hydrogen-bond donors (Lipinski definition) is 2. The Bertz CT molecular complexity index is 430. The Labute approximate surface area is 129 Å². The van der Waals surface area contributed by atoms with Gasteiger partial charge in [0.2, 0.25) is 0 Å². The molecule has 0 amide bonds. The number of nitrogens with one attached hydrogen (secondary N) is 2. The van der Waals surface area contributed by atoms with E-state index in [-0.39, 0.29) is 0 Å². The van der Waals surface area contributed by atoms with Gasteiger partial charge in [0.05, 0.1) is 6.10 Å². The zero-order valence-corrected chi connectivity index (χ0v) is 13.8. The molecule has 21 heavy (non-hydrogen) atoms. The van der Waals surface area contributed by atoms with E-state index in [0.29, 0.717) is 6.10 Å². The molecule has 0 bridgehead atoms. The van der Waals surface area contributed by atoms with E-state index in [0.717, 1.165) is 38.5 Å². The summed E-state index contributed by atoms with van der Waals surface area (Å²) in [6.07, 6.45) is 2.33. The fraction of sp³-hybridized carbons (Fsp3) is 0.588. The molecule has 0 aliphatic carbocycles. The maximum atomic E-state index is 5.52. The molecule has 0 saturated heterocycles. The van der Waals surface area contributed by atoms with Crippen molar-refractivity contribution >= 4 is 5.96 Å². The van der Waals surface area contributed by atoms with E-state index in [4.69, 9.17) is 4.74 Å². The number of guanidine groups is 1. The highest BCUT2D eigenvalue weighted by molar-refractivity contribution is 5.79. The van der Waals surface area contributed by atoms with Crippen molar-refractivity contribution in [3.63, 3.8) is 0 Å². The largest absolute Gasteiger partial charge is 0.379 e. The predicted molar refractivity (Wildman–Crippen MR) is 89.7 cm³/mol. The lowest BCUT2D eigenvalue weighted by atomic mass is 10.1.